The molecule has 0 aromatic rings. The molecule has 1 fully saturated rings. The molecular weight excluding hydrogens is 228 g/mol. The SMILES string of the molecule is CCC1CCCC1(CN)N(CCOC)CCOC. The molecule has 1 saturated carbocycles. The smallest absolute Gasteiger partial charge is 0.0589 e. The topological polar surface area (TPSA) is 47.7 Å². The van der Waals surface area contributed by atoms with Crippen LogP contribution in [-0.4, -0.2) is 57.5 Å². The summed E-state index contributed by atoms with van der Waals surface area (Å²) in [6.45, 7) is 6.47. The van der Waals surface area contributed by atoms with Gasteiger partial charge in [-0.05, 0) is 18.8 Å². The van der Waals surface area contributed by atoms with Gasteiger partial charge in [-0.1, -0.05) is 19.8 Å². The molecule has 0 radical (unpaired) electrons. The molecule has 1 rings (SSSR count). The fraction of sp³-hybridized carbons (Fsp3) is 1.00. The van der Waals surface area contributed by atoms with E-state index in [4.69, 9.17) is 15.2 Å². The van der Waals surface area contributed by atoms with Gasteiger partial charge < -0.3 is 15.2 Å². The molecular formula is C14H30N2O2. The zero-order valence-electron chi connectivity index (χ0n) is 12.3. The number of nitrogens with zero attached hydrogens (tertiary/aromatic N) is 1. The molecule has 0 spiro atoms. The van der Waals surface area contributed by atoms with Gasteiger partial charge in [0.05, 0.1) is 13.2 Å². The Morgan fingerprint density at radius 1 is 1.22 bits per heavy atom. The molecule has 0 aromatic heterocycles. The number of rotatable bonds is 9. The van der Waals surface area contributed by atoms with Crippen molar-refractivity contribution in [3.63, 3.8) is 0 Å². The van der Waals surface area contributed by atoms with Crippen LogP contribution in [-0.2, 0) is 9.47 Å². The minimum absolute atomic E-state index is 0.172. The van der Waals surface area contributed by atoms with E-state index >= 15 is 0 Å². The summed E-state index contributed by atoms with van der Waals surface area (Å²) in [6.07, 6.45) is 5.04. The van der Waals surface area contributed by atoms with Gasteiger partial charge in [0.2, 0.25) is 0 Å². The van der Waals surface area contributed by atoms with E-state index in [0.29, 0.717) is 0 Å². The van der Waals surface area contributed by atoms with Gasteiger partial charge in [0.15, 0.2) is 0 Å². The van der Waals surface area contributed by atoms with E-state index in [2.05, 4.69) is 11.8 Å². The molecule has 18 heavy (non-hydrogen) atoms. The maximum atomic E-state index is 6.16. The Hall–Kier alpha value is -0.160. The lowest BCUT2D eigenvalue weighted by atomic mass is 9.83. The minimum Gasteiger partial charge on any atom is -0.383 e. The van der Waals surface area contributed by atoms with E-state index in [0.717, 1.165) is 38.8 Å². The molecule has 2 unspecified atom stereocenters. The van der Waals surface area contributed by atoms with Gasteiger partial charge in [0.25, 0.3) is 0 Å². The van der Waals surface area contributed by atoms with Crippen LogP contribution in [0.1, 0.15) is 32.6 Å². The lowest BCUT2D eigenvalue weighted by Crippen LogP contribution is -2.58. The van der Waals surface area contributed by atoms with E-state index in [-0.39, 0.29) is 5.54 Å². The molecule has 0 bridgehead atoms. The molecule has 2 N–H and O–H groups in total. The van der Waals surface area contributed by atoms with E-state index in [9.17, 15) is 0 Å². The van der Waals surface area contributed by atoms with Gasteiger partial charge in [-0.25, -0.2) is 0 Å². The van der Waals surface area contributed by atoms with Gasteiger partial charge in [-0.2, -0.15) is 0 Å². The van der Waals surface area contributed by atoms with Crippen molar-refractivity contribution >= 4 is 0 Å². The third kappa shape index (κ3) is 3.44. The number of hydrogen-bond donors (Lipinski definition) is 1. The van der Waals surface area contributed by atoms with Crippen molar-refractivity contribution in [2.45, 2.75) is 38.1 Å². The maximum absolute atomic E-state index is 6.16. The molecule has 4 nitrogen and oxygen atoms in total. The van der Waals surface area contributed by atoms with E-state index in [1.165, 1.54) is 25.7 Å². The van der Waals surface area contributed by atoms with Gasteiger partial charge in [-0.3, -0.25) is 4.90 Å². The van der Waals surface area contributed by atoms with Crippen molar-refractivity contribution < 1.29 is 9.47 Å². The number of nitrogens with two attached hydrogens (primary N) is 1. The summed E-state index contributed by atoms with van der Waals surface area (Å²) in [6, 6.07) is 0. The minimum atomic E-state index is 0.172. The van der Waals surface area contributed by atoms with Gasteiger partial charge >= 0.3 is 0 Å². The summed E-state index contributed by atoms with van der Waals surface area (Å²) in [5, 5.41) is 0. The Bertz CT molecular complexity index is 218. The summed E-state index contributed by atoms with van der Waals surface area (Å²) in [7, 11) is 3.52. The Kier molecular flexibility index (Phi) is 7.15. The highest BCUT2D eigenvalue weighted by Crippen LogP contribution is 2.41. The van der Waals surface area contributed by atoms with Crippen molar-refractivity contribution in [3.8, 4) is 0 Å². The highest BCUT2D eigenvalue weighted by atomic mass is 16.5. The summed E-state index contributed by atoms with van der Waals surface area (Å²) >= 11 is 0. The predicted molar refractivity (Wildman–Crippen MR) is 74.7 cm³/mol. The van der Waals surface area contributed by atoms with Crippen LogP contribution >= 0.6 is 0 Å². The second-order valence-corrected chi connectivity index (χ2v) is 5.28. The van der Waals surface area contributed by atoms with Gasteiger partial charge in [-0.15, -0.1) is 0 Å². The average molecular weight is 258 g/mol. The van der Waals surface area contributed by atoms with Crippen LogP contribution in [0.15, 0.2) is 0 Å². The molecule has 0 aromatic carbocycles. The van der Waals surface area contributed by atoms with Gasteiger partial charge in [0, 0.05) is 39.4 Å². The second kappa shape index (κ2) is 8.10. The first-order valence-corrected chi connectivity index (χ1v) is 7.18. The van der Waals surface area contributed by atoms with Crippen LogP contribution in [0.25, 0.3) is 0 Å². The molecule has 1 aliphatic carbocycles. The normalized spacial score (nSPS) is 28.2. The Balaban J connectivity index is 2.76. The Morgan fingerprint density at radius 3 is 2.28 bits per heavy atom. The average Bonchev–Trinajstić information content (AvgIpc) is 2.83. The van der Waals surface area contributed by atoms with Crippen molar-refractivity contribution in [1.29, 1.82) is 0 Å². The van der Waals surface area contributed by atoms with Crippen molar-refractivity contribution in [1.82, 2.24) is 4.90 Å². The lowest BCUT2D eigenvalue weighted by molar-refractivity contribution is 0.0137. The molecule has 0 heterocycles. The third-order valence-electron chi connectivity index (χ3n) is 4.53. The fourth-order valence-electron chi connectivity index (χ4n) is 3.49. The zero-order chi connectivity index (χ0) is 13.4. The number of hydrogen-bond acceptors (Lipinski definition) is 4. The first-order valence-electron chi connectivity index (χ1n) is 7.18. The first kappa shape index (κ1) is 15.9. The van der Waals surface area contributed by atoms with E-state index < -0.39 is 0 Å². The first-order chi connectivity index (χ1) is 8.75. The highest BCUT2D eigenvalue weighted by molar-refractivity contribution is 5.01. The van der Waals surface area contributed by atoms with Crippen molar-refractivity contribution in [2.24, 2.45) is 11.7 Å². The van der Waals surface area contributed by atoms with Crippen LogP contribution < -0.4 is 5.73 Å². The fourth-order valence-corrected chi connectivity index (χ4v) is 3.49. The van der Waals surface area contributed by atoms with Crippen molar-refractivity contribution in [3.05, 3.63) is 0 Å². The molecule has 2 atom stereocenters. The summed E-state index contributed by atoms with van der Waals surface area (Å²) in [5.41, 5.74) is 6.33. The monoisotopic (exact) mass is 258 g/mol. The molecule has 4 heteroatoms. The van der Waals surface area contributed by atoms with Crippen LogP contribution in [0.4, 0.5) is 0 Å². The largest absolute Gasteiger partial charge is 0.383 e. The maximum Gasteiger partial charge on any atom is 0.0589 e. The van der Waals surface area contributed by atoms with Crippen molar-refractivity contribution in [2.75, 3.05) is 47.1 Å². The van der Waals surface area contributed by atoms with Gasteiger partial charge in [0.1, 0.15) is 0 Å². The van der Waals surface area contributed by atoms with Crippen LogP contribution in [0, 0.1) is 5.92 Å². The summed E-state index contributed by atoms with van der Waals surface area (Å²) in [4.78, 5) is 2.52. The van der Waals surface area contributed by atoms with Crippen LogP contribution in [0.3, 0.4) is 0 Å². The zero-order valence-corrected chi connectivity index (χ0v) is 12.3. The quantitative estimate of drug-likeness (QED) is 0.681. The Labute approximate surface area is 112 Å². The number of ether oxygens (including phenoxy) is 2. The van der Waals surface area contributed by atoms with E-state index in [1.807, 2.05) is 0 Å². The predicted octanol–water partition coefficient (Wildman–Crippen LogP) is 1.49. The summed E-state index contributed by atoms with van der Waals surface area (Å²) in [5.74, 6) is 0.719. The Morgan fingerprint density at radius 2 is 1.83 bits per heavy atom. The highest BCUT2D eigenvalue weighted by Gasteiger charge is 2.44. The molecule has 0 saturated heterocycles. The van der Waals surface area contributed by atoms with Crippen LogP contribution in [0.5, 0.6) is 0 Å². The molecule has 108 valence electrons. The molecule has 0 aliphatic heterocycles. The number of methoxy groups -OCH3 is 2. The molecule has 1 aliphatic rings. The second-order valence-electron chi connectivity index (χ2n) is 5.28. The lowest BCUT2D eigenvalue weighted by Gasteiger charge is -2.45. The standard InChI is InChI=1S/C14H30N2O2/c1-4-13-6-5-7-14(13,12-15)16(8-10-17-2)9-11-18-3/h13H,4-12,15H2,1-3H3. The summed E-state index contributed by atoms with van der Waals surface area (Å²) < 4.78 is 10.5. The van der Waals surface area contributed by atoms with E-state index in [1.54, 1.807) is 14.2 Å². The third-order valence-corrected chi connectivity index (χ3v) is 4.53. The van der Waals surface area contributed by atoms with Crippen LogP contribution in [0.2, 0.25) is 0 Å². The molecule has 0 amide bonds.